The molecule has 0 radical (unpaired) electrons. The molecule has 2 saturated heterocycles. The highest BCUT2D eigenvalue weighted by molar-refractivity contribution is 7.89. The molecule has 5 nitrogen and oxygen atoms in total. The van der Waals surface area contributed by atoms with E-state index < -0.39 is 10.0 Å². The number of rotatable bonds is 3. The van der Waals surface area contributed by atoms with Gasteiger partial charge in [-0.3, -0.25) is 4.90 Å². The Labute approximate surface area is 155 Å². The maximum atomic E-state index is 13.0. The highest BCUT2D eigenvalue weighted by Crippen LogP contribution is 2.23. The lowest BCUT2D eigenvalue weighted by Crippen LogP contribution is -2.52. The number of nitrogens with zero attached hydrogens (tertiary/aromatic N) is 2. The zero-order chi connectivity index (χ0) is 16.6. The van der Waals surface area contributed by atoms with E-state index in [2.05, 4.69) is 10.2 Å². The van der Waals surface area contributed by atoms with Crippen LogP contribution in [0.1, 0.15) is 6.42 Å². The molecule has 0 spiro atoms. The summed E-state index contributed by atoms with van der Waals surface area (Å²) in [5, 5.41) is 5.41. The fraction of sp³-hybridized carbons (Fsp3) is 0.444. The van der Waals surface area contributed by atoms with Crippen molar-refractivity contribution in [2.75, 3.05) is 39.3 Å². The Morgan fingerprint density at radius 1 is 0.960 bits per heavy atom. The van der Waals surface area contributed by atoms with Crippen molar-refractivity contribution in [1.82, 2.24) is 14.5 Å². The predicted molar refractivity (Wildman–Crippen MR) is 103 cm³/mol. The largest absolute Gasteiger partial charge is 0.315 e. The molecule has 2 aromatic carbocycles. The molecule has 0 aliphatic carbocycles. The molecular weight excluding hydrogens is 358 g/mol. The lowest BCUT2D eigenvalue weighted by atomic mass is 10.1. The van der Waals surface area contributed by atoms with Crippen LogP contribution in [0.2, 0.25) is 0 Å². The van der Waals surface area contributed by atoms with E-state index >= 15 is 0 Å². The Kier molecular flexibility index (Phi) is 5.65. The third-order valence-corrected chi connectivity index (χ3v) is 7.08. The van der Waals surface area contributed by atoms with Gasteiger partial charge in [-0.25, -0.2) is 8.42 Å². The highest BCUT2D eigenvalue weighted by Gasteiger charge is 2.31. The first-order chi connectivity index (χ1) is 11.6. The average molecular weight is 382 g/mol. The minimum Gasteiger partial charge on any atom is -0.315 e. The van der Waals surface area contributed by atoms with Crippen molar-refractivity contribution in [3.63, 3.8) is 0 Å². The topological polar surface area (TPSA) is 52.7 Å². The van der Waals surface area contributed by atoms with Crippen LogP contribution in [-0.4, -0.2) is 62.9 Å². The molecule has 2 aliphatic rings. The Bertz CT molecular complexity index is 829. The van der Waals surface area contributed by atoms with Crippen LogP contribution < -0.4 is 5.32 Å². The Hall–Kier alpha value is -1.18. The van der Waals surface area contributed by atoms with E-state index in [9.17, 15) is 8.42 Å². The number of sulfonamides is 1. The normalized spacial score (nSPS) is 22.8. The first-order valence-corrected chi connectivity index (χ1v) is 10.0. The summed E-state index contributed by atoms with van der Waals surface area (Å²) < 4.78 is 27.5. The summed E-state index contributed by atoms with van der Waals surface area (Å²) in [7, 11) is -3.41. The van der Waals surface area contributed by atoms with Gasteiger partial charge in [-0.1, -0.05) is 30.3 Å². The molecule has 136 valence electrons. The van der Waals surface area contributed by atoms with E-state index in [-0.39, 0.29) is 12.4 Å². The molecule has 2 aromatic rings. The van der Waals surface area contributed by atoms with Gasteiger partial charge in [0.1, 0.15) is 0 Å². The van der Waals surface area contributed by atoms with Crippen molar-refractivity contribution in [3.8, 4) is 0 Å². The van der Waals surface area contributed by atoms with E-state index in [0.29, 0.717) is 24.0 Å². The zero-order valence-electron chi connectivity index (χ0n) is 14.1. The van der Waals surface area contributed by atoms with Crippen LogP contribution in [0.4, 0.5) is 0 Å². The molecule has 7 heteroatoms. The fourth-order valence-electron chi connectivity index (χ4n) is 3.74. The second-order valence-electron chi connectivity index (χ2n) is 6.60. The van der Waals surface area contributed by atoms with Gasteiger partial charge in [0.25, 0.3) is 0 Å². The monoisotopic (exact) mass is 381 g/mol. The van der Waals surface area contributed by atoms with Crippen molar-refractivity contribution < 1.29 is 8.42 Å². The van der Waals surface area contributed by atoms with E-state index in [1.165, 1.54) is 0 Å². The minimum atomic E-state index is -3.41. The summed E-state index contributed by atoms with van der Waals surface area (Å²) in [6.07, 6.45) is 1.16. The molecule has 2 heterocycles. The highest BCUT2D eigenvalue weighted by atomic mass is 35.5. The maximum Gasteiger partial charge on any atom is 0.243 e. The van der Waals surface area contributed by atoms with Gasteiger partial charge in [0.15, 0.2) is 0 Å². The van der Waals surface area contributed by atoms with Crippen molar-refractivity contribution >= 4 is 33.2 Å². The van der Waals surface area contributed by atoms with Gasteiger partial charge in [-0.05, 0) is 35.9 Å². The van der Waals surface area contributed by atoms with Gasteiger partial charge in [0, 0.05) is 38.8 Å². The fourth-order valence-corrected chi connectivity index (χ4v) is 5.20. The van der Waals surface area contributed by atoms with Gasteiger partial charge < -0.3 is 5.32 Å². The number of benzene rings is 2. The molecule has 2 aliphatic heterocycles. The summed E-state index contributed by atoms with van der Waals surface area (Å²) >= 11 is 0. The molecule has 1 N–H and O–H groups in total. The van der Waals surface area contributed by atoms with Crippen LogP contribution in [0, 0.1) is 0 Å². The lowest BCUT2D eigenvalue weighted by molar-refractivity contribution is 0.145. The first kappa shape index (κ1) is 18.6. The quantitative estimate of drug-likeness (QED) is 0.882. The zero-order valence-corrected chi connectivity index (χ0v) is 15.7. The van der Waals surface area contributed by atoms with Gasteiger partial charge in [-0.15, -0.1) is 12.4 Å². The SMILES string of the molecule is Cl.O=S(=O)(c1ccc2ccccc2c1)N1CCN(C2CCNC2)CC1. The molecule has 2 fully saturated rings. The van der Waals surface area contributed by atoms with E-state index in [1.54, 1.807) is 16.4 Å². The molecule has 0 saturated carbocycles. The second-order valence-corrected chi connectivity index (χ2v) is 8.53. The van der Waals surface area contributed by atoms with Crippen molar-refractivity contribution in [2.24, 2.45) is 0 Å². The number of hydrogen-bond acceptors (Lipinski definition) is 4. The Morgan fingerprint density at radius 3 is 2.36 bits per heavy atom. The number of nitrogens with one attached hydrogen (secondary N) is 1. The van der Waals surface area contributed by atoms with Gasteiger partial charge in [0.05, 0.1) is 4.90 Å². The number of halogens is 1. The van der Waals surface area contributed by atoms with E-state index in [0.717, 1.165) is 43.4 Å². The summed E-state index contributed by atoms with van der Waals surface area (Å²) in [5.74, 6) is 0. The number of piperazine rings is 1. The molecule has 1 atom stereocenters. The van der Waals surface area contributed by atoms with Crippen LogP contribution >= 0.6 is 12.4 Å². The minimum absolute atomic E-state index is 0. The van der Waals surface area contributed by atoms with E-state index in [1.807, 2.05) is 30.3 Å². The van der Waals surface area contributed by atoms with Gasteiger partial charge in [0.2, 0.25) is 10.0 Å². The molecule has 4 rings (SSSR count). The molecule has 0 amide bonds. The van der Waals surface area contributed by atoms with Crippen LogP contribution in [0.3, 0.4) is 0 Å². The molecule has 1 unspecified atom stereocenters. The number of fused-ring (bicyclic) bond motifs is 1. The summed E-state index contributed by atoms with van der Waals surface area (Å²) in [6.45, 7) is 4.88. The first-order valence-electron chi connectivity index (χ1n) is 8.58. The molecule has 25 heavy (non-hydrogen) atoms. The maximum absolute atomic E-state index is 13.0. The third-order valence-electron chi connectivity index (χ3n) is 5.18. The molecule has 0 aromatic heterocycles. The smallest absolute Gasteiger partial charge is 0.243 e. The second kappa shape index (κ2) is 7.60. The van der Waals surface area contributed by atoms with E-state index in [4.69, 9.17) is 0 Å². The summed E-state index contributed by atoms with van der Waals surface area (Å²) in [4.78, 5) is 2.82. The predicted octanol–water partition coefficient (Wildman–Crippen LogP) is 1.93. The summed E-state index contributed by atoms with van der Waals surface area (Å²) in [5.41, 5.74) is 0. The average Bonchev–Trinajstić information content (AvgIpc) is 3.16. The van der Waals surface area contributed by atoms with Gasteiger partial charge in [-0.2, -0.15) is 4.31 Å². The van der Waals surface area contributed by atoms with Crippen LogP contribution in [0.15, 0.2) is 47.4 Å². The van der Waals surface area contributed by atoms with Crippen LogP contribution in [0.5, 0.6) is 0 Å². The number of hydrogen-bond donors (Lipinski definition) is 1. The van der Waals surface area contributed by atoms with Crippen molar-refractivity contribution in [3.05, 3.63) is 42.5 Å². The molecular formula is C18H24ClN3O2S. The Balaban J connectivity index is 0.00000182. The summed E-state index contributed by atoms with van der Waals surface area (Å²) in [6, 6.07) is 13.8. The lowest BCUT2D eigenvalue weighted by Gasteiger charge is -2.37. The van der Waals surface area contributed by atoms with Crippen molar-refractivity contribution in [2.45, 2.75) is 17.4 Å². The van der Waals surface area contributed by atoms with Crippen LogP contribution in [-0.2, 0) is 10.0 Å². The molecule has 0 bridgehead atoms. The Morgan fingerprint density at radius 2 is 1.68 bits per heavy atom. The van der Waals surface area contributed by atoms with Gasteiger partial charge >= 0.3 is 0 Å². The van der Waals surface area contributed by atoms with Crippen molar-refractivity contribution in [1.29, 1.82) is 0 Å². The third kappa shape index (κ3) is 3.68. The standard InChI is InChI=1S/C18H23N3O2S.ClH/c22-24(23,18-6-5-15-3-1-2-4-16(15)13-18)21-11-9-20(10-12-21)17-7-8-19-14-17;/h1-6,13,17,19H,7-12,14H2;1H. The van der Waals surface area contributed by atoms with Crippen LogP contribution in [0.25, 0.3) is 10.8 Å².